The zero-order chi connectivity index (χ0) is 11.1. The first-order chi connectivity index (χ1) is 7.79. The number of benzene rings is 2. The van der Waals surface area contributed by atoms with Gasteiger partial charge in [-0.05, 0) is 24.3 Å². The summed E-state index contributed by atoms with van der Waals surface area (Å²) in [5.41, 5.74) is 2.77. The van der Waals surface area contributed by atoms with E-state index >= 15 is 0 Å². The Morgan fingerprint density at radius 1 is 1.12 bits per heavy atom. The monoisotopic (exact) mass is 270 g/mol. The molecule has 3 rings (SSSR count). The summed E-state index contributed by atoms with van der Waals surface area (Å²) in [5, 5.41) is 11.2. The smallest absolute Gasteiger partial charge is 0.0998 e. The van der Waals surface area contributed by atoms with Gasteiger partial charge in [-0.1, -0.05) is 28.1 Å². The first kappa shape index (κ1) is 9.44. The van der Waals surface area contributed by atoms with E-state index in [0.717, 1.165) is 26.3 Å². The Labute approximate surface area is 101 Å². The van der Waals surface area contributed by atoms with Crippen molar-refractivity contribution in [2.75, 3.05) is 0 Å². The maximum absolute atomic E-state index is 9.09. The van der Waals surface area contributed by atoms with E-state index in [9.17, 15) is 0 Å². The fourth-order valence-corrected chi connectivity index (χ4v) is 2.38. The number of rotatable bonds is 0. The molecule has 0 aliphatic heterocycles. The lowest BCUT2D eigenvalue weighted by molar-refractivity contribution is 1.50. The number of nitriles is 1. The summed E-state index contributed by atoms with van der Waals surface area (Å²) in [4.78, 5) is 3.31. The van der Waals surface area contributed by atoms with E-state index < -0.39 is 0 Å². The van der Waals surface area contributed by atoms with Gasteiger partial charge in [-0.15, -0.1) is 0 Å². The standard InChI is InChI=1S/C13H7BrN2/c14-9-4-5-10-12(6-9)16-11-3-1-2-8(7-15)13(10)11/h1-6,16H. The van der Waals surface area contributed by atoms with Crippen LogP contribution in [0.15, 0.2) is 40.9 Å². The average Bonchev–Trinajstić information content (AvgIpc) is 2.65. The molecule has 2 aromatic carbocycles. The van der Waals surface area contributed by atoms with Gasteiger partial charge in [0, 0.05) is 26.3 Å². The zero-order valence-corrected chi connectivity index (χ0v) is 9.88. The van der Waals surface area contributed by atoms with Crippen LogP contribution in [-0.4, -0.2) is 4.98 Å². The number of fused-ring (bicyclic) bond motifs is 3. The molecule has 0 aliphatic carbocycles. The normalized spacial score (nSPS) is 10.8. The summed E-state index contributed by atoms with van der Waals surface area (Å²) >= 11 is 3.44. The number of hydrogen-bond donors (Lipinski definition) is 1. The highest BCUT2D eigenvalue weighted by molar-refractivity contribution is 9.10. The molecule has 2 nitrogen and oxygen atoms in total. The summed E-state index contributed by atoms with van der Waals surface area (Å²) < 4.78 is 1.03. The van der Waals surface area contributed by atoms with E-state index in [0.29, 0.717) is 5.56 Å². The molecule has 1 aromatic heterocycles. The van der Waals surface area contributed by atoms with Gasteiger partial charge in [0.25, 0.3) is 0 Å². The molecule has 76 valence electrons. The van der Waals surface area contributed by atoms with Gasteiger partial charge in [0.2, 0.25) is 0 Å². The summed E-state index contributed by atoms with van der Waals surface area (Å²) in [6.45, 7) is 0. The average molecular weight is 271 g/mol. The van der Waals surface area contributed by atoms with Crippen LogP contribution >= 0.6 is 15.9 Å². The Morgan fingerprint density at radius 2 is 2.00 bits per heavy atom. The Hall–Kier alpha value is -1.79. The van der Waals surface area contributed by atoms with Gasteiger partial charge in [-0.3, -0.25) is 0 Å². The van der Waals surface area contributed by atoms with Crippen molar-refractivity contribution >= 4 is 37.7 Å². The Balaban J connectivity index is 2.58. The molecule has 0 radical (unpaired) electrons. The third-order valence-electron chi connectivity index (χ3n) is 2.71. The second-order valence-electron chi connectivity index (χ2n) is 3.65. The van der Waals surface area contributed by atoms with Crippen LogP contribution in [0.25, 0.3) is 21.8 Å². The van der Waals surface area contributed by atoms with Crippen molar-refractivity contribution in [2.24, 2.45) is 0 Å². The molecule has 0 spiro atoms. The van der Waals surface area contributed by atoms with Crippen LogP contribution in [0.5, 0.6) is 0 Å². The molecule has 0 saturated heterocycles. The fraction of sp³-hybridized carbons (Fsp3) is 0. The number of halogens is 1. The minimum atomic E-state index is 0.714. The summed E-state index contributed by atoms with van der Waals surface area (Å²) in [6, 6.07) is 14.0. The van der Waals surface area contributed by atoms with Crippen LogP contribution in [0.3, 0.4) is 0 Å². The van der Waals surface area contributed by atoms with Crippen molar-refractivity contribution in [3.05, 3.63) is 46.4 Å². The minimum Gasteiger partial charge on any atom is -0.354 e. The van der Waals surface area contributed by atoms with E-state index in [-0.39, 0.29) is 0 Å². The zero-order valence-electron chi connectivity index (χ0n) is 8.29. The van der Waals surface area contributed by atoms with E-state index in [1.54, 1.807) is 0 Å². The topological polar surface area (TPSA) is 39.6 Å². The minimum absolute atomic E-state index is 0.714. The lowest BCUT2D eigenvalue weighted by Crippen LogP contribution is -1.75. The largest absolute Gasteiger partial charge is 0.354 e. The molecular formula is C13H7BrN2. The van der Waals surface area contributed by atoms with Crippen molar-refractivity contribution < 1.29 is 0 Å². The molecule has 0 bridgehead atoms. The first-order valence-corrected chi connectivity index (χ1v) is 5.69. The third-order valence-corrected chi connectivity index (χ3v) is 3.20. The number of nitrogens with one attached hydrogen (secondary N) is 1. The molecular weight excluding hydrogens is 264 g/mol. The number of aromatic nitrogens is 1. The van der Waals surface area contributed by atoms with Crippen LogP contribution in [0, 0.1) is 11.3 Å². The van der Waals surface area contributed by atoms with Crippen LogP contribution in [0.4, 0.5) is 0 Å². The van der Waals surface area contributed by atoms with E-state index in [4.69, 9.17) is 5.26 Å². The van der Waals surface area contributed by atoms with E-state index in [2.05, 4.69) is 27.0 Å². The van der Waals surface area contributed by atoms with Crippen molar-refractivity contribution in [3.8, 4) is 6.07 Å². The maximum atomic E-state index is 9.09. The number of hydrogen-bond acceptors (Lipinski definition) is 1. The molecule has 0 aliphatic rings. The Morgan fingerprint density at radius 3 is 2.81 bits per heavy atom. The van der Waals surface area contributed by atoms with Crippen molar-refractivity contribution in [1.82, 2.24) is 4.98 Å². The molecule has 0 atom stereocenters. The van der Waals surface area contributed by atoms with Gasteiger partial charge < -0.3 is 4.98 Å². The van der Waals surface area contributed by atoms with Gasteiger partial charge in [0.1, 0.15) is 0 Å². The predicted octanol–water partition coefficient (Wildman–Crippen LogP) is 3.96. The molecule has 1 N–H and O–H groups in total. The van der Waals surface area contributed by atoms with Gasteiger partial charge >= 0.3 is 0 Å². The first-order valence-electron chi connectivity index (χ1n) is 4.89. The molecule has 1 heterocycles. The molecule has 0 fully saturated rings. The van der Waals surface area contributed by atoms with Gasteiger partial charge in [0.05, 0.1) is 11.6 Å². The third kappa shape index (κ3) is 1.24. The summed E-state index contributed by atoms with van der Waals surface area (Å²) in [6.07, 6.45) is 0. The number of H-pyrrole nitrogens is 1. The van der Waals surface area contributed by atoms with Crippen LogP contribution < -0.4 is 0 Å². The molecule has 3 aromatic rings. The molecule has 3 heteroatoms. The quantitative estimate of drug-likeness (QED) is 0.660. The van der Waals surface area contributed by atoms with Gasteiger partial charge in [-0.25, -0.2) is 0 Å². The molecule has 0 unspecified atom stereocenters. The van der Waals surface area contributed by atoms with Gasteiger partial charge in [-0.2, -0.15) is 5.26 Å². The maximum Gasteiger partial charge on any atom is 0.0998 e. The van der Waals surface area contributed by atoms with E-state index in [1.165, 1.54) is 0 Å². The summed E-state index contributed by atoms with van der Waals surface area (Å²) in [5.74, 6) is 0. The second-order valence-corrected chi connectivity index (χ2v) is 4.57. The highest BCUT2D eigenvalue weighted by Gasteiger charge is 2.07. The SMILES string of the molecule is N#Cc1cccc2[nH]c3cc(Br)ccc3c12. The van der Waals surface area contributed by atoms with Crippen molar-refractivity contribution in [3.63, 3.8) is 0 Å². The van der Waals surface area contributed by atoms with Crippen molar-refractivity contribution in [1.29, 1.82) is 5.26 Å². The van der Waals surface area contributed by atoms with Crippen LogP contribution in [0.1, 0.15) is 5.56 Å². The lowest BCUT2D eigenvalue weighted by Gasteiger charge is -1.94. The Kier molecular flexibility index (Phi) is 1.98. The fourth-order valence-electron chi connectivity index (χ4n) is 2.02. The van der Waals surface area contributed by atoms with Crippen LogP contribution in [-0.2, 0) is 0 Å². The highest BCUT2D eigenvalue weighted by atomic mass is 79.9. The lowest BCUT2D eigenvalue weighted by atomic mass is 10.1. The predicted molar refractivity (Wildman–Crippen MR) is 68.2 cm³/mol. The second kappa shape index (κ2) is 3.36. The van der Waals surface area contributed by atoms with Gasteiger partial charge in [0.15, 0.2) is 0 Å². The van der Waals surface area contributed by atoms with E-state index in [1.807, 2.05) is 36.4 Å². The number of aromatic amines is 1. The molecule has 0 saturated carbocycles. The van der Waals surface area contributed by atoms with Crippen LogP contribution in [0.2, 0.25) is 0 Å². The van der Waals surface area contributed by atoms with Crippen molar-refractivity contribution in [2.45, 2.75) is 0 Å². The highest BCUT2D eigenvalue weighted by Crippen LogP contribution is 2.29. The number of nitrogens with zero attached hydrogens (tertiary/aromatic N) is 1. The Bertz CT molecular complexity index is 735. The molecule has 16 heavy (non-hydrogen) atoms. The summed E-state index contributed by atoms with van der Waals surface area (Å²) in [7, 11) is 0. The molecule has 0 amide bonds.